The van der Waals surface area contributed by atoms with Gasteiger partial charge < -0.3 is 4.74 Å². The van der Waals surface area contributed by atoms with Crippen molar-refractivity contribution >= 4 is 27.3 Å². The molecule has 2 atom stereocenters. The summed E-state index contributed by atoms with van der Waals surface area (Å²) >= 11 is 5.62. The van der Waals surface area contributed by atoms with Crippen LogP contribution in [0, 0.1) is 11.3 Å². The van der Waals surface area contributed by atoms with E-state index in [1.165, 1.54) is 30.6 Å². The van der Waals surface area contributed by atoms with Crippen molar-refractivity contribution in [2.75, 3.05) is 11.9 Å². The zero-order valence-electron chi connectivity index (χ0n) is 9.32. The summed E-state index contributed by atoms with van der Waals surface area (Å²) in [4.78, 5) is 1.51. The molecule has 2 fully saturated rings. The molecule has 0 N–H and O–H groups in total. The Labute approximate surface area is 109 Å². The number of ether oxygens (including phenoxy) is 1. The predicted octanol–water partition coefficient (Wildman–Crippen LogP) is 3.87. The Hall–Kier alpha value is 0.140. The quantitative estimate of drug-likeness (QED) is 0.767. The minimum atomic E-state index is 0.367. The van der Waals surface area contributed by atoms with Gasteiger partial charge in [-0.2, -0.15) is 0 Å². The molecular weight excluding hydrogens is 284 g/mol. The Morgan fingerprint density at radius 2 is 2.38 bits per heavy atom. The van der Waals surface area contributed by atoms with E-state index in [-0.39, 0.29) is 0 Å². The molecule has 2 heterocycles. The van der Waals surface area contributed by atoms with Crippen molar-refractivity contribution < 1.29 is 4.74 Å². The summed E-state index contributed by atoms with van der Waals surface area (Å²) in [6.07, 6.45) is 5.68. The van der Waals surface area contributed by atoms with E-state index in [2.05, 4.69) is 33.4 Å². The van der Waals surface area contributed by atoms with Crippen LogP contribution in [0.2, 0.25) is 0 Å². The molecule has 0 aromatic carbocycles. The molecule has 1 aliphatic carbocycles. The van der Waals surface area contributed by atoms with Crippen LogP contribution in [0.25, 0.3) is 0 Å². The highest BCUT2D eigenvalue weighted by Gasteiger charge is 2.50. The first-order valence-corrected chi connectivity index (χ1v) is 8.04. The van der Waals surface area contributed by atoms with Gasteiger partial charge in [0, 0.05) is 22.2 Å². The van der Waals surface area contributed by atoms with Crippen molar-refractivity contribution in [2.24, 2.45) is 11.3 Å². The van der Waals surface area contributed by atoms with E-state index in [1.54, 1.807) is 0 Å². The normalized spacial score (nSPS) is 34.4. The lowest BCUT2D eigenvalue weighted by Crippen LogP contribution is -2.36. The van der Waals surface area contributed by atoms with Gasteiger partial charge in [-0.05, 0) is 43.0 Å². The molecule has 1 aliphatic heterocycles. The fraction of sp³-hybridized carbons (Fsp3) is 0.692. The summed E-state index contributed by atoms with van der Waals surface area (Å²) in [7, 11) is 0. The second-order valence-electron chi connectivity index (χ2n) is 5.13. The van der Waals surface area contributed by atoms with Crippen LogP contribution in [-0.2, 0) is 11.2 Å². The number of rotatable bonds is 4. The van der Waals surface area contributed by atoms with Crippen LogP contribution in [0.4, 0.5) is 0 Å². The largest absolute Gasteiger partial charge is 0.377 e. The fourth-order valence-corrected chi connectivity index (χ4v) is 4.54. The molecule has 1 aromatic heterocycles. The Morgan fingerprint density at radius 3 is 3.00 bits per heavy atom. The third kappa shape index (κ3) is 1.98. The Balaban J connectivity index is 1.80. The molecule has 3 heteroatoms. The maximum absolute atomic E-state index is 6.01. The van der Waals surface area contributed by atoms with Crippen molar-refractivity contribution in [1.82, 2.24) is 0 Å². The van der Waals surface area contributed by atoms with Crippen molar-refractivity contribution in [1.29, 1.82) is 0 Å². The van der Waals surface area contributed by atoms with E-state index in [1.807, 2.05) is 11.3 Å². The molecular formula is C13H17BrOS. The highest BCUT2D eigenvalue weighted by atomic mass is 79.9. The number of hydrogen-bond acceptors (Lipinski definition) is 2. The monoisotopic (exact) mass is 300 g/mol. The van der Waals surface area contributed by atoms with Gasteiger partial charge in [-0.1, -0.05) is 22.0 Å². The summed E-state index contributed by atoms with van der Waals surface area (Å²) in [5.74, 6) is 0.847. The fourth-order valence-electron chi connectivity index (χ4n) is 2.88. The van der Waals surface area contributed by atoms with Crippen molar-refractivity contribution in [3.05, 3.63) is 22.4 Å². The average molecular weight is 301 g/mol. The van der Waals surface area contributed by atoms with Gasteiger partial charge in [0.25, 0.3) is 0 Å². The average Bonchev–Trinajstić information content (AvgIpc) is 2.86. The van der Waals surface area contributed by atoms with Gasteiger partial charge >= 0.3 is 0 Å². The van der Waals surface area contributed by atoms with Gasteiger partial charge in [0.1, 0.15) is 0 Å². The molecule has 1 saturated heterocycles. The van der Waals surface area contributed by atoms with Crippen molar-refractivity contribution in [2.45, 2.75) is 31.8 Å². The Bertz CT molecular complexity index is 347. The summed E-state index contributed by atoms with van der Waals surface area (Å²) < 4.78 is 6.01. The Kier molecular flexibility index (Phi) is 3.11. The van der Waals surface area contributed by atoms with Gasteiger partial charge in [0.2, 0.25) is 0 Å². The topological polar surface area (TPSA) is 9.23 Å². The molecule has 88 valence electrons. The van der Waals surface area contributed by atoms with Crippen LogP contribution in [0.1, 0.15) is 24.1 Å². The van der Waals surface area contributed by atoms with E-state index < -0.39 is 0 Å². The third-order valence-corrected chi connectivity index (χ3v) is 5.92. The summed E-state index contributed by atoms with van der Waals surface area (Å²) in [6, 6.07) is 4.42. The van der Waals surface area contributed by atoms with Crippen LogP contribution in [0.15, 0.2) is 17.5 Å². The van der Waals surface area contributed by atoms with Crippen LogP contribution in [0.3, 0.4) is 0 Å². The SMILES string of the molecule is BrCC1(Cc2cccs2)CCOC1C1CC1. The van der Waals surface area contributed by atoms with Gasteiger partial charge in [-0.3, -0.25) is 0 Å². The first kappa shape index (κ1) is 11.2. The predicted molar refractivity (Wildman–Crippen MR) is 71.3 cm³/mol. The maximum atomic E-state index is 6.01. The van der Waals surface area contributed by atoms with Crippen molar-refractivity contribution in [3.63, 3.8) is 0 Å². The molecule has 0 spiro atoms. The number of hydrogen-bond donors (Lipinski definition) is 0. The van der Waals surface area contributed by atoms with Gasteiger partial charge in [-0.25, -0.2) is 0 Å². The second-order valence-corrected chi connectivity index (χ2v) is 6.72. The zero-order valence-corrected chi connectivity index (χ0v) is 11.7. The molecule has 2 unspecified atom stereocenters. The zero-order chi connectivity index (χ0) is 11.0. The molecule has 1 saturated carbocycles. The number of alkyl halides is 1. The Morgan fingerprint density at radius 1 is 1.50 bits per heavy atom. The molecule has 0 bridgehead atoms. The van der Waals surface area contributed by atoms with Gasteiger partial charge in [0.15, 0.2) is 0 Å². The molecule has 2 aliphatic rings. The van der Waals surface area contributed by atoms with E-state index >= 15 is 0 Å². The first-order chi connectivity index (χ1) is 7.84. The lowest BCUT2D eigenvalue weighted by atomic mass is 9.77. The first-order valence-electron chi connectivity index (χ1n) is 6.04. The highest BCUT2D eigenvalue weighted by molar-refractivity contribution is 9.09. The summed E-state index contributed by atoms with van der Waals surface area (Å²) in [5, 5.41) is 3.26. The third-order valence-electron chi connectivity index (χ3n) is 3.92. The second kappa shape index (κ2) is 4.43. The van der Waals surface area contributed by atoms with Crippen molar-refractivity contribution in [3.8, 4) is 0 Å². The molecule has 1 nitrogen and oxygen atoms in total. The smallest absolute Gasteiger partial charge is 0.0671 e. The van der Waals surface area contributed by atoms with Crippen LogP contribution < -0.4 is 0 Å². The van der Waals surface area contributed by atoms with E-state index in [0.717, 1.165) is 17.9 Å². The van der Waals surface area contributed by atoms with Crippen LogP contribution in [0.5, 0.6) is 0 Å². The lowest BCUT2D eigenvalue weighted by Gasteiger charge is -2.32. The summed E-state index contributed by atoms with van der Waals surface area (Å²) in [5.41, 5.74) is 0.367. The van der Waals surface area contributed by atoms with Gasteiger partial charge in [-0.15, -0.1) is 11.3 Å². The van der Waals surface area contributed by atoms with Gasteiger partial charge in [0.05, 0.1) is 6.10 Å². The maximum Gasteiger partial charge on any atom is 0.0671 e. The van der Waals surface area contributed by atoms with Crippen LogP contribution >= 0.6 is 27.3 Å². The molecule has 3 rings (SSSR count). The molecule has 16 heavy (non-hydrogen) atoms. The highest BCUT2D eigenvalue weighted by Crippen LogP contribution is 2.50. The molecule has 1 aromatic rings. The molecule has 0 amide bonds. The number of thiophene rings is 1. The number of halogens is 1. The summed E-state index contributed by atoms with van der Waals surface area (Å²) in [6.45, 7) is 0.956. The van der Waals surface area contributed by atoms with E-state index in [9.17, 15) is 0 Å². The van der Waals surface area contributed by atoms with Crippen LogP contribution in [-0.4, -0.2) is 18.0 Å². The van der Waals surface area contributed by atoms with E-state index in [0.29, 0.717) is 11.5 Å². The lowest BCUT2D eigenvalue weighted by molar-refractivity contribution is 0.0416. The molecule has 0 radical (unpaired) electrons. The minimum Gasteiger partial charge on any atom is -0.377 e. The standard InChI is InChI=1S/C13H17BrOS/c14-9-13(8-11-2-1-7-16-11)5-6-15-12(13)10-3-4-10/h1-2,7,10,12H,3-6,8-9H2. The van der Waals surface area contributed by atoms with E-state index in [4.69, 9.17) is 4.74 Å². The minimum absolute atomic E-state index is 0.367.